The molecule has 1 aliphatic rings. The Balaban J connectivity index is 1.54. The van der Waals surface area contributed by atoms with Gasteiger partial charge in [-0.2, -0.15) is 9.78 Å². The molecule has 4 rings (SSSR count). The highest BCUT2D eigenvalue weighted by molar-refractivity contribution is 5.91. The Morgan fingerprint density at radius 3 is 2.47 bits per heavy atom. The van der Waals surface area contributed by atoms with Crippen molar-refractivity contribution in [2.75, 3.05) is 5.32 Å². The van der Waals surface area contributed by atoms with Crippen LogP contribution < -0.4 is 10.6 Å². The largest absolute Gasteiger partial charge is 0.507 e. The van der Waals surface area contributed by atoms with Crippen molar-refractivity contribution in [2.24, 2.45) is 5.92 Å². The van der Waals surface area contributed by atoms with Crippen molar-refractivity contribution in [3.05, 3.63) is 65.4 Å². The summed E-state index contributed by atoms with van der Waals surface area (Å²) in [5.41, 5.74) is 4.63. The Bertz CT molecular complexity index is 1180. The molecule has 7 nitrogen and oxygen atoms in total. The number of carbonyl (C=O) groups is 2. The van der Waals surface area contributed by atoms with E-state index < -0.39 is 0 Å². The lowest BCUT2D eigenvalue weighted by molar-refractivity contribution is -0.116. The number of hydrogen-bond acceptors (Lipinski definition) is 4. The Hall–Kier alpha value is -3.61. The molecule has 3 aromatic rings. The molecular formula is C27H32N4O3. The van der Waals surface area contributed by atoms with Gasteiger partial charge in [0.1, 0.15) is 5.75 Å². The molecule has 178 valence electrons. The number of benzene rings is 2. The minimum Gasteiger partial charge on any atom is -0.507 e. The standard InChI is InChI=1S/C27H32N4O3/c1-17(2)13-26(33)29-21-11-12-22(25(32)14-21)23-15-24(20-5-4-6-20)31(30-23)27(34)28-16-19-9-7-18(3)8-10-19/h7-12,14-15,17,20,32H,4-6,13,16H2,1-3H3,(H,28,34)(H,29,33). The zero-order valence-corrected chi connectivity index (χ0v) is 20.0. The first-order valence-corrected chi connectivity index (χ1v) is 11.9. The summed E-state index contributed by atoms with van der Waals surface area (Å²) in [5.74, 6) is 0.443. The molecule has 1 saturated carbocycles. The molecule has 0 atom stereocenters. The topological polar surface area (TPSA) is 96.3 Å². The molecule has 0 saturated heterocycles. The third kappa shape index (κ3) is 5.47. The van der Waals surface area contributed by atoms with Crippen LogP contribution in [-0.4, -0.2) is 26.8 Å². The molecule has 0 unspecified atom stereocenters. The minimum absolute atomic E-state index is 0.00669. The van der Waals surface area contributed by atoms with Crippen molar-refractivity contribution in [3.63, 3.8) is 0 Å². The normalized spacial score (nSPS) is 13.5. The molecule has 1 heterocycles. The van der Waals surface area contributed by atoms with Gasteiger partial charge in [0, 0.05) is 36.2 Å². The molecule has 0 bridgehead atoms. The summed E-state index contributed by atoms with van der Waals surface area (Å²) in [4.78, 5) is 25.1. The maximum absolute atomic E-state index is 13.0. The number of rotatable bonds is 7. The van der Waals surface area contributed by atoms with Gasteiger partial charge < -0.3 is 15.7 Å². The van der Waals surface area contributed by atoms with Crippen LogP contribution >= 0.6 is 0 Å². The zero-order valence-electron chi connectivity index (χ0n) is 20.0. The van der Waals surface area contributed by atoms with E-state index >= 15 is 0 Å². The third-order valence-electron chi connectivity index (χ3n) is 6.17. The van der Waals surface area contributed by atoms with Gasteiger partial charge in [-0.1, -0.05) is 50.1 Å². The van der Waals surface area contributed by atoms with Crippen LogP contribution in [0.15, 0.2) is 48.5 Å². The number of phenols is 1. The van der Waals surface area contributed by atoms with E-state index in [1.54, 1.807) is 12.1 Å². The van der Waals surface area contributed by atoms with E-state index in [1.807, 2.05) is 51.1 Å². The van der Waals surface area contributed by atoms with E-state index in [4.69, 9.17) is 0 Å². The number of nitrogens with one attached hydrogen (secondary N) is 2. The molecule has 0 aliphatic heterocycles. The maximum Gasteiger partial charge on any atom is 0.342 e. The highest BCUT2D eigenvalue weighted by Crippen LogP contribution is 2.39. The number of aryl methyl sites for hydroxylation is 1. The predicted molar refractivity (Wildman–Crippen MR) is 133 cm³/mol. The van der Waals surface area contributed by atoms with Crippen LogP contribution in [0, 0.1) is 12.8 Å². The van der Waals surface area contributed by atoms with Gasteiger partial charge in [-0.25, -0.2) is 4.79 Å². The van der Waals surface area contributed by atoms with Gasteiger partial charge in [0.05, 0.1) is 11.4 Å². The molecule has 1 aromatic heterocycles. The number of hydrogen-bond donors (Lipinski definition) is 3. The second-order valence-corrected chi connectivity index (χ2v) is 9.52. The first-order chi connectivity index (χ1) is 16.3. The summed E-state index contributed by atoms with van der Waals surface area (Å²) in [7, 11) is 0. The molecule has 0 spiro atoms. The molecule has 2 amide bonds. The first-order valence-electron chi connectivity index (χ1n) is 11.9. The van der Waals surface area contributed by atoms with E-state index in [0.717, 1.165) is 30.5 Å². The van der Waals surface area contributed by atoms with E-state index in [1.165, 1.54) is 16.3 Å². The molecule has 0 radical (unpaired) electrons. The van der Waals surface area contributed by atoms with Crippen molar-refractivity contribution >= 4 is 17.6 Å². The average Bonchev–Trinajstić information content (AvgIpc) is 3.15. The first kappa shape index (κ1) is 23.5. The van der Waals surface area contributed by atoms with Crippen molar-refractivity contribution in [2.45, 2.75) is 58.9 Å². The third-order valence-corrected chi connectivity index (χ3v) is 6.17. The number of nitrogens with zero attached hydrogens (tertiary/aromatic N) is 2. The fourth-order valence-corrected chi connectivity index (χ4v) is 4.05. The van der Waals surface area contributed by atoms with E-state index in [2.05, 4.69) is 15.7 Å². The van der Waals surface area contributed by atoms with E-state index in [0.29, 0.717) is 29.9 Å². The Morgan fingerprint density at radius 1 is 1.12 bits per heavy atom. The van der Waals surface area contributed by atoms with E-state index in [9.17, 15) is 14.7 Å². The van der Waals surface area contributed by atoms with Crippen LogP contribution in [-0.2, 0) is 11.3 Å². The van der Waals surface area contributed by atoms with Crippen LogP contribution in [0.2, 0.25) is 0 Å². The fraction of sp³-hybridized carbons (Fsp3) is 0.370. The van der Waals surface area contributed by atoms with Crippen LogP contribution in [0.3, 0.4) is 0 Å². The number of phenolic OH excluding ortho intramolecular Hbond substituents is 1. The van der Waals surface area contributed by atoms with Crippen LogP contribution in [0.5, 0.6) is 5.75 Å². The van der Waals surface area contributed by atoms with Crippen molar-refractivity contribution < 1.29 is 14.7 Å². The van der Waals surface area contributed by atoms with Gasteiger partial charge in [-0.3, -0.25) is 4.79 Å². The average molecular weight is 461 g/mol. The maximum atomic E-state index is 13.0. The SMILES string of the molecule is Cc1ccc(CNC(=O)n2nc(-c3ccc(NC(=O)CC(C)C)cc3O)cc2C2CCC2)cc1. The van der Waals surface area contributed by atoms with Gasteiger partial charge in [-0.05, 0) is 49.4 Å². The zero-order chi connectivity index (χ0) is 24.2. The van der Waals surface area contributed by atoms with E-state index in [-0.39, 0.29) is 29.5 Å². The summed E-state index contributed by atoms with van der Waals surface area (Å²) < 4.78 is 1.44. The van der Waals surface area contributed by atoms with Gasteiger partial charge in [0.25, 0.3) is 0 Å². The summed E-state index contributed by atoms with van der Waals surface area (Å²) >= 11 is 0. The summed E-state index contributed by atoms with van der Waals surface area (Å²) in [6, 6.07) is 14.6. The summed E-state index contributed by atoms with van der Waals surface area (Å²) in [6.07, 6.45) is 3.58. The van der Waals surface area contributed by atoms with Crippen molar-refractivity contribution in [3.8, 4) is 17.0 Å². The Morgan fingerprint density at radius 2 is 1.85 bits per heavy atom. The Labute approximate surface area is 200 Å². The quantitative estimate of drug-likeness (QED) is 0.429. The number of carbonyl (C=O) groups excluding carboxylic acids is 2. The molecule has 1 aliphatic carbocycles. The number of anilines is 1. The van der Waals surface area contributed by atoms with Crippen molar-refractivity contribution in [1.29, 1.82) is 0 Å². The smallest absolute Gasteiger partial charge is 0.342 e. The van der Waals surface area contributed by atoms with Crippen LogP contribution in [0.1, 0.15) is 62.3 Å². The highest BCUT2D eigenvalue weighted by Gasteiger charge is 2.27. The van der Waals surface area contributed by atoms with Gasteiger partial charge in [0.2, 0.25) is 5.91 Å². The lowest BCUT2D eigenvalue weighted by Gasteiger charge is -2.25. The Kier molecular flexibility index (Phi) is 7.01. The minimum atomic E-state index is -0.286. The molecule has 3 N–H and O–H groups in total. The molecule has 1 fully saturated rings. The van der Waals surface area contributed by atoms with Crippen LogP contribution in [0.25, 0.3) is 11.3 Å². The molecule has 34 heavy (non-hydrogen) atoms. The van der Waals surface area contributed by atoms with Crippen molar-refractivity contribution in [1.82, 2.24) is 15.1 Å². The number of amides is 2. The number of aromatic nitrogens is 2. The molecule has 7 heteroatoms. The second-order valence-electron chi connectivity index (χ2n) is 9.52. The molecule has 2 aromatic carbocycles. The predicted octanol–water partition coefficient (Wildman–Crippen LogP) is 5.57. The highest BCUT2D eigenvalue weighted by atomic mass is 16.3. The van der Waals surface area contributed by atoms with Gasteiger partial charge in [0.15, 0.2) is 0 Å². The van der Waals surface area contributed by atoms with Crippen LogP contribution in [0.4, 0.5) is 10.5 Å². The monoisotopic (exact) mass is 460 g/mol. The van der Waals surface area contributed by atoms with Gasteiger partial charge in [-0.15, -0.1) is 0 Å². The lowest BCUT2D eigenvalue weighted by Crippen LogP contribution is -2.31. The summed E-state index contributed by atoms with van der Waals surface area (Å²) in [6.45, 7) is 6.40. The lowest BCUT2D eigenvalue weighted by atomic mass is 9.82. The van der Waals surface area contributed by atoms with Gasteiger partial charge >= 0.3 is 6.03 Å². The summed E-state index contributed by atoms with van der Waals surface area (Å²) in [5, 5.41) is 21.0. The number of aromatic hydroxyl groups is 1. The fourth-order valence-electron chi connectivity index (χ4n) is 4.05. The second kappa shape index (κ2) is 10.1. The molecular weight excluding hydrogens is 428 g/mol.